The monoisotopic (exact) mass is 219 g/mol. The Hall–Kier alpha value is -1.31. The highest BCUT2D eigenvalue weighted by Crippen LogP contribution is 2.34. The van der Waals surface area contributed by atoms with E-state index >= 15 is 0 Å². The third-order valence-electron chi connectivity index (χ3n) is 3.06. The summed E-state index contributed by atoms with van der Waals surface area (Å²) >= 11 is 0. The summed E-state index contributed by atoms with van der Waals surface area (Å²) in [7, 11) is 0. The van der Waals surface area contributed by atoms with E-state index in [1.807, 2.05) is 18.2 Å². The van der Waals surface area contributed by atoms with Crippen LogP contribution in [-0.4, -0.2) is 5.91 Å². The minimum absolute atomic E-state index is 0.0930. The molecule has 0 aromatic heterocycles. The Balaban J connectivity index is 3.22. The van der Waals surface area contributed by atoms with Crippen molar-refractivity contribution < 1.29 is 4.79 Å². The topological polar surface area (TPSA) is 43.1 Å². The first-order chi connectivity index (χ1) is 7.23. The number of nitrogens with two attached hydrogens (primary N) is 1. The summed E-state index contributed by atoms with van der Waals surface area (Å²) in [5, 5.41) is 0. The molecule has 1 aliphatic carbocycles. The van der Waals surface area contributed by atoms with Crippen LogP contribution in [0.4, 0.5) is 0 Å². The number of allylic oxidation sites excluding steroid dienone is 4. The van der Waals surface area contributed by atoms with Gasteiger partial charge in [0.1, 0.15) is 0 Å². The third-order valence-corrected chi connectivity index (χ3v) is 3.06. The van der Waals surface area contributed by atoms with Crippen molar-refractivity contribution in [2.75, 3.05) is 0 Å². The highest BCUT2D eigenvalue weighted by Gasteiger charge is 2.21. The van der Waals surface area contributed by atoms with Crippen LogP contribution in [0.1, 0.15) is 34.6 Å². The molecule has 1 rings (SSSR count). The maximum Gasteiger partial charge on any atom is 0.248 e. The Bertz CT molecular complexity index is 391. The molecule has 0 spiro atoms. The number of rotatable bonds is 1. The van der Waals surface area contributed by atoms with Gasteiger partial charge in [-0.25, -0.2) is 0 Å². The van der Waals surface area contributed by atoms with Gasteiger partial charge in [-0.05, 0) is 29.9 Å². The van der Waals surface area contributed by atoms with E-state index in [9.17, 15) is 4.79 Å². The fourth-order valence-corrected chi connectivity index (χ4v) is 2.01. The van der Waals surface area contributed by atoms with Crippen LogP contribution >= 0.6 is 0 Å². The first-order valence-electron chi connectivity index (χ1n) is 5.64. The third kappa shape index (κ3) is 2.63. The van der Waals surface area contributed by atoms with Crippen LogP contribution < -0.4 is 5.73 Å². The lowest BCUT2D eigenvalue weighted by Gasteiger charge is -2.24. The van der Waals surface area contributed by atoms with Crippen LogP contribution in [0.5, 0.6) is 0 Å². The Morgan fingerprint density at radius 1 is 1.31 bits per heavy atom. The van der Waals surface area contributed by atoms with Crippen molar-refractivity contribution in [3.8, 4) is 0 Å². The van der Waals surface area contributed by atoms with Gasteiger partial charge in [0.25, 0.3) is 0 Å². The molecule has 0 aliphatic heterocycles. The predicted molar refractivity (Wildman–Crippen MR) is 67.7 cm³/mol. The van der Waals surface area contributed by atoms with Crippen molar-refractivity contribution in [2.24, 2.45) is 17.1 Å². The van der Waals surface area contributed by atoms with Gasteiger partial charge in [0, 0.05) is 5.57 Å². The number of amides is 1. The molecule has 0 aromatic rings. The van der Waals surface area contributed by atoms with E-state index in [2.05, 4.69) is 34.6 Å². The quantitative estimate of drug-likeness (QED) is 0.724. The zero-order valence-corrected chi connectivity index (χ0v) is 10.8. The zero-order valence-electron chi connectivity index (χ0n) is 10.8. The molecule has 0 bridgehead atoms. The summed E-state index contributed by atoms with van der Waals surface area (Å²) in [6.07, 6.45) is 5.79. The Labute approximate surface area is 97.9 Å². The average molecular weight is 219 g/mol. The van der Waals surface area contributed by atoms with Gasteiger partial charge in [0.2, 0.25) is 5.91 Å². The molecule has 0 radical (unpaired) electrons. The molecule has 0 saturated carbocycles. The normalized spacial score (nSPS) is 21.8. The maximum absolute atomic E-state index is 11.2. The molecule has 0 fully saturated rings. The maximum atomic E-state index is 11.2. The van der Waals surface area contributed by atoms with Gasteiger partial charge < -0.3 is 5.73 Å². The van der Waals surface area contributed by atoms with E-state index in [0.717, 1.165) is 0 Å². The van der Waals surface area contributed by atoms with Crippen molar-refractivity contribution in [2.45, 2.75) is 34.6 Å². The highest BCUT2D eigenvalue weighted by molar-refractivity contribution is 5.95. The summed E-state index contributed by atoms with van der Waals surface area (Å²) in [6.45, 7) is 10.8. The second kappa shape index (κ2) is 4.28. The van der Waals surface area contributed by atoms with Crippen LogP contribution in [0.25, 0.3) is 0 Å². The van der Waals surface area contributed by atoms with Crippen molar-refractivity contribution in [3.05, 3.63) is 34.9 Å². The van der Waals surface area contributed by atoms with Crippen LogP contribution in [0.3, 0.4) is 0 Å². The summed E-state index contributed by atoms with van der Waals surface area (Å²) in [6, 6.07) is 0. The second-order valence-corrected chi connectivity index (χ2v) is 5.45. The molecule has 0 heterocycles. The average Bonchev–Trinajstić information content (AvgIpc) is 2.26. The Morgan fingerprint density at radius 2 is 1.88 bits per heavy atom. The van der Waals surface area contributed by atoms with Crippen molar-refractivity contribution in [1.82, 2.24) is 0 Å². The fraction of sp³-hybridized carbons (Fsp3) is 0.500. The Morgan fingerprint density at radius 3 is 2.31 bits per heavy atom. The molecule has 2 heteroatoms. The first kappa shape index (κ1) is 12.8. The SMILES string of the molecule is CC1=C(C(C)(C)C)C=CC(C(N)=O)=CC1C. The summed E-state index contributed by atoms with van der Waals surface area (Å²) in [5.41, 5.74) is 8.61. The summed E-state index contributed by atoms with van der Waals surface area (Å²) in [5.74, 6) is -0.0993. The van der Waals surface area contributed by atoms with Gasteiger partial charge in [0.05, 0.1) is 0 Å². The molecule has 16 heavy (non-hydrogen) atoms. The number of hydrogen-bond donors (Lipinski definition) is 1. The van der Waals surface area contributed by atoms with E-state index in [-0.39, 0.29) is 17.2 Å². The molecular weight excluding hydrogens is 198 g/mol. The van der Waals surface area contributed by atoms with E-state index < -0.39 is 0 Å². The molecule has 1 unspecified atom stereocenters. The molecule has 88 valence electrons. The molecule has 0 saturated heterocycles. The lowest BCUT2D eigenvalue weighted by Crippen LogP contribution is -2.13. The number of carbonyl (C=O) groups is 1. The fourth-order valence-electron chi connectivity index (χ4n) is 2.01. The van der Waals surface area contributed by atoms with Gasteiger partial charge in [-0.15, -0.1) is 0 Å². The van der Waals surface area contributed by atoms with Crippen molar-refractivity contribution >= 4 is 5.91 Å². The molecule has 1 amide bonds. The summed E-state index contributed by atoms with van der Waals surface area (Å²) in [4.78, 5) is 11.2. The van der Waals surface area contributed by atoms with Crippen molar-refractivity contribution in [3.63, 3.8) is 0 Å². The lowest BCUT2D eigenvalue weighted by atomic mass is 9.81. The highest BCUT2D eigenvalue weighted by atomic mass is 16.1. The van der Waals surface area contributed by atoms with E-state index in [4.69, 9.17) is 5.73 Å². The van der Waals surface area contributed by atoms with Gasteiger partial charge in [-0.1, -0.05) is 45.4 Å². The minimum Gasteiger partial charge on any atom is -0.366 e. The van der Waals surface area contributed by atoms with Crippen LogP contribution in [0.2, 0.25) is 0 Å². The number of primary amides is 1. The molecule has 0 aromatic carbocycles. The van der Waals surface area contributed by atoms with Gasteiger partial charge in [-0.3, -0.25) is 4.79 Å². The Kier molecular flexibility index (Phi) is 3.41. The molecule has 2 nitrogen and oxygen atoms in total. The predicted octanol–water partition coefficient (Wildman–Crippen LogP) is 2.97. The lowest BCUT2D eigenvalue weighted by molar-refractivity contribution is -0.114. The number of hydrogen-bond acceptors (Lipinski definition) is 1. The standard InChI is InChI=1S/C14H21NO/c1-9-8-11(13(15)16)6-7-12(10(9)2)14(3,4)5/h6-9H,1-5H3,(H2,15,16). The second-order valence-electron chi connectivity index (χ2n) is 5.45. The van der Waals surface area contributed by atoms with Crippen molar-refractivity contribution in [1.29, 1.82) is 0 Å². The summed E-state index contributed by atoms with van der Waals surface area (Å²) < 4.78 is 0. The van der Waals surface area contributed by atoms with Crippen LogP contribution in [0, 0.1) is 11.3 Å². The van der Waals surface area contributed by atoms with Gasteiger partial charge in [-0.2, -0.15) is 0 Å². The largest absolute Gasteiger partial charge is 0.366 e. The molecule has 1 atom stereocenters. The smallest absolute Gasteiger partial charge is 0.248 e. The zero-order chi connectivity index (χ0) is 12.5. The van der Waals surface area contributed by atoms with Gasteiger partial charge >= 0.3 is 0 Å². The van der Waals surface area contributed by atoms with Crippen LogP contribution in [0.15, 0.2) is 34.9 Å². The van der Waals surface area contributed by atoms with E-state index in [1.54, 1.807) is 0 Å². The number of carbonyl (C=O) groups excluding carboxylic acids is 1. The van der Waals surface area contributed by atoms with Crippen LogP contribution in [-0.2, 0) is 4.79 Å². The molecule has 1 aliphatic rings. The van der Waals surface area contributed by atoms with E-state index in [1.165, 1.54) is 11.1 Å². The van der Waals surface area contributed by atoms with Gasteiger partial charge in [0.15, 0.2) is 0 Å². The van der Waals surface area contributed by atoms with E-state index in [0.29, 0.717) is 5.57 Å². The molecule has 2 N–H and O–H groups in total. The first-order valence-corrected chi connectivity index (χ1v) is 5.64. The minimum atomic E-state index is -0.356. The molecular formula is C14H21NO.